The minimum Gasteiger partial charge on any atom is -0.410 e. The SMILES string of the molecule is C=CCCCCC(=O)NC/C(C)=C\[C@@H](C)[C@H](O[Si](C)(C)C(C)(C)C)[C@H](C=C)OC. The number of amides is 1. The van der Waals surface area contributed by atoms with E-state index in [1.54, 1.807) is 7.11 Å². The molecule has 0 fully saturated rings. The zero-order valence-electron chi connectivity index (χ0n) is 20.1. The smallest absolute Gasteiger partial charge is 0.220 e. The Labute approximate surface area is 181 Å². The lowest BCUT2D eigenvalue weighted by molar-refractivity contribution is -0.121. The van der Waals surface area contributed by atoms with Gasteiger partial charge in [-0.1, -0.05) is 51.5 Å². The molecule has 0 aromatic carbocycles. The van der Waals surface area contributed by atoms with Crippen LogP contribution in [0.3, 0.4) is 0 Å². The van der Waals surface area contributed by atoms with Crippen LogP contribution in [0.25, 0.3) is 0 Å². The van der Waals surface area contributed by atoms with E-state index in [0.717, 1.165) is 24.8 Å². The molecule has 0 saturated heterocycles. The van der Waals surface area contributed by atoms with Gasteiger partial charge in [-0.25, -0.2) is 0 Å². The van der Waals surface area contributed by atoms with Gasteiger partial charge in [0.25, 0.3) is 0 Å². The second-order valence-corrected chi connectivity index (χ2v) is 14.2. The summed E-state index contributed by atoms with van der Waals surface area (Å²) in [6.07, 6.45) is 9.05. The summed E-state index contributed by atoms with van der Waals surface area (Å²) in [5, 5.41) is 3.13. The number of unbranched alkanes of at least 4 members (excludes halogenated alkanes) is 2. The predicted molar refractivity (Wildman–Crippen MR) is 128 cm³/mol. The van der Waals surface area contributed by atoms with Crippen LogP contribution in [0, 0.1) is 5.92 Å². The number of methoxy groups -OCH3 is 1. The maximum absolute atomic E-state index is 12.0. The molecule has 0 aromatic heterocycles. The van der Waals surface area contributed by atoms with Gasteiger partial charge in [0.05, 0.1) is 6.10 Å². The van der Waals surface area contributed by atoms with Gasteiger partial charge in [-0.15, -0.1) is 13.2 Å². The zero-order valence-corrected chi connectivity index (χ0v) is 21.1. The summed E-state index contributed by atoms with van der Waals surface area (Å²) < 4.78 is 12.4. The van der Waals surface area contributed by atoms with Crippen LogP contribution in [0.2, 0.25) is 18.1 Å². The number of rotatable bonds is 14. The summed E-state index contributed by atoms with van der Waals surface area (Å²) >= 11 is 0. The number of hydrogen-bond donors (Lipinski definition) is 1. The Morgan fingerprint density at radius 1 is 1.21 bits per heavy atom. The van der Waals surface area contributed by atoms with Gasteiger partial charge in [0, 0.05) is 26.0 Å². The van der Waals surface area contributed by atoms with Gasteiger partial charge in [0.1, 0.15) is 6.10 Å². The molecule has 0 aliphatic heterocycles. The minimum atomic E-state index is -1.97. The minimum absolute atomic E-state index is 0.101. The van der Waals surface area contributed by atoms with Crippen molar-refractivity contribution in [1.29, 1.82) is 0 Å². The fraction of sp³-hybridized carbons (Fsp3) is 0.708. The van der Waals surface area contributed by atoms with Crippen LogP contribution in [0.15, 0.2) is 37.0 Å². The van der Waals surface area contributed by atoms with Crippen LogP contribution in [-0.4, -0.2) is 40.1 Å². The van der Waals surface area contributed by atoms with E-state index in [2.05, 4.69) is 65.3 Å². The van der Waals surface area contributed by atoms with Crippen LogP contribution in [0.1, 0.15) is 60.3 Å². The molecule has 5 heteroatoms. The topological polar surface area (TPSA) is 47.6 Å². The molecule has 0 rings (SSSR count). The molecule has 0 radical (unpaired) electrons. The molecule has 0 bridgehead atoms. The number of hydrogen-bond acceptors (Lipinski definition) is 3. The highest BCUT2D eigenvalue weighted by Gasteiger charge is 2.41. The second kappa shape index (κ2) is 13.2. The van der Waals surface area contributed by atoms with Crippen molar-refractivity contribution in [2.75, 3.05) is 13.7 Å². The van der Waals surface area contributed by atoms with Crippen molar-refractivity contribution >= 4 is 14.2 Å². The van der Waals surface area contributed by atoms with Gasteiger partial charge in [0.2, 0.25) is 5.91 Å². The average molecular weight is 424 g/mol. The van der Waals surface area contributed by atoms with Crippen LogP contribution in [0.4, 0.5) is 0 Å². The fourth-order valence-electron chi connectivity index (χ4n) is 2.86. The number of allylic oxidation sites excluding steroid dienone is 1. The highest BCUT2D eigenvalue weighted by Crippen LogP contribution is 2.39. The van der Waals surface area contributed by atoms with Crippen molar-refractivity contribution in [1.82, 2.24) is 5.32 Å². The van der Waals surface area contributed by atoms with Gasteiger partial charge in [-0.05, 0) is 44.3 Å². The van der Waals surface area contributed by atoms with Crippen molar-refractivity contribution in [2.24, 2.45) is 5.92 Å². The number of carbonyl (C=O) groups excluding carboxylic acids is 1. The largest absolute Gasteiger partial charge is 0.410 e. The van der Waals surface area contributed by atoms with E-state index in [1.807, 2.05) is 19.1 Å². The molecule has 0 saturated carbocycles. The number of ether oxygens (including phenoxy) is 1. The Kier molecular flexibility index (Phi) is 12.7. The highest BCUT2D eigenvalue weighted by atomic mass is 28.4. The zero-order chi connectivity index (χ0) is 22.7. The number of nitrogens with one attached hydrogen (secondary N) is 1. The van der Waals surface area contributed by atoms with E-state index in [0.29, 0.717) is 13.0 Å². The first-order chi connectivity index (χ1) is 13.4. The average Bonchev–Trinajstić information content (AvgIpc) is 2.62. The molecule has 0 spiro atoms. The fourth-order valence-corrected chi connectivity index (χ4v) is 4.24. The summed E-state index contributed by atoms with van der Waals surface area (Å²) in [6.45, 7) is 23.6. The van der Waals surface area contributed by atoms with Gasteiger partial charge < -0.3 is 14.5 Å². The standard InChI is InChI=1S/C24H45NO3Si/c1-11-13-14-15-16-22(26)25-18-19(3)17-20(4)23(21(12-2)27-8)28-29(9,10)24(5,6)7/h11-12,17,20-21,23H,1-2,13-16,18H2,3-10H3,(H,25,26)/b19-17-/t20-,21+,23+/m1/s1. The first-order valence-corrected chi connectivity index (χ1v) is 13.7. The Hall–Kier alpha value is -1.17. The van der Waals surface area contributed by atoms with E-state index in [1.165, 1.54) is 0 Å². The molecule has 0 unspecified atom stereocenters. The Morgan fingerprint density at radius 2 is 1.83 bits per heavy atom. The van der Waals surface area contributed by atoms with Gasteiger partial charge in [-0.2, -0.15) is 0 Å². The van der Waals surface area contributed by atoms with Crippen LogP contribution in [-0.2, 0) is 14.0 Å². The molecule has 4 nitrogen and oxygen atoms in total. The molecule has 3 atom stereocenters. The van der Waals surface area contributed by atoms with Crippen molar-refractivity contribution in [3.05, 3.63) is 37.0 Å². The molecular formula is C24H45NO3Si. The molecule has 29 heavy (non-hydrogen) atoms. The van der Waals surface area contributed by atoms with Gasteiger partial charge in [-0.3, -0.25) is 4.79 Å². The molecule has 0 heterocycles. The van der Waals surface area contributed by atoms with Crippen LogP contribution in [0.5, 0.6) is 0 Å². The van der Waals surface area contributed by atoms with E-state index < -0.39 is 8.32 Å². The first-order valence-electron chi connectivity index (χ1n) is 10.8. The third kappa shape index (κ3) is 10.4. The summed E-state index contributed by atoms with van der Waals surface area (Å²) in [5.74, 6) is 0.237. The van der Waals surface area contributed by atoms with Crippen LogP contribution < -0.4 is 5.32 Å². The maximum Gasteiger partial charge on any atom is 0.220 e. The Morgan fingerprint density at radius 3 is 2.31 bits per heavy atom. The summed E-state index contributed by atoms with van der Waals surface area (Å²) in [6, 6.07) is 0. The molecule has 0 aliphatic carbocycles. The lowest BCUT2D eigenvalue weighted by Gasteiger charge is -2.42. The molecule has 168 valence electrons. The molecule has 1 amide bonds. The van der Waals surface area contributed by atoms with Crippen molar-refractivity contribution < 1.29 is 14.0 Å². The monoisotopic (exact) mass is 423 g/mol. The van der Waals surface area contributed by atoms with E-state index in [4.69, 9.17) is 9.16 Å². The molecule has 1 N–H and O–H groups in total. The Balaban J connectivity index is 5.05. The third-order valence-corrected chi connectivity index (χ3v) is 10.2. The predicted octanol–water partition coefficient (Wildman–Crippen LogP) is 6.02. The maximum atomic E-state index is 12.0. The van der Waals surface area contributed by atoms with Crippen LogP contribution >= 0.6 is 0 Å². The van der Waals surface area contributed by atoms with E-state index in [-0.39, 0.29) is 29.1 Å². The second-order valence-electron chi connectivity index (χ2n) is 9.46. The van der Waals surface area contributed by atoms with Gasteiger partial charge >= 0.3 is 0 Å². The molecule has 0 aromatic rings. The van der Waals surface area contributed by atoms with Crippen molar-refractivity contribution in [2.45, 2.75) is 90.6 Å². The van der Waals surface area contributed by atoms with E-state index >= 15 is 0 Å². The van der Waals surface area contributed by atoms with Gasteiger partial charge in [0.15, 0.2) is 8.32 Å². The highest BCUT2D eigenvalue weighted by molar-refractivity contribution is 6.74. The molecule has 0 aliphatic rings. The summed E-state index contributed by atoms with van der Waals surface area (Å²) in [5.41, 5.74) is 1.12. The summed E-state index contributed by atoms with van der Waals surface area (Å²) in [7, 11) is -0.271. The quantitative estimate of drug-likeness (QED) is 0.211. The third-order valence-electron chi connectivity index (χ3n) is 5.76. The van der Waals surface area contributed by atoms with Crippen molar-refractivity contribution in [3.8, 4) is 0 Å². The van der Waals surface area contributed by atoms with E-state index in [9.17, 15) is 4.79 Å². The normalized spacial score (nSPS) is 16.1. The van der Waals surface area contributed by atoms with Crippen molar-refractivity contribution in [3.63, 3.8) is 0 Å². The molecular weight excluding hydrogens is 378 g/mol. The number of carbonyl (C=O) groups is 1. The lowest BCUT2D eigenvalue weighted by atomic mass is 9.97. The lowest BCUT2D eigenvalue weighted by Crippen LogP contribution is -2.49. The first kappa shape index (κ1) is 27.8. The summed E-state index contributed by atoms with van der Waals surface area (Å²) in [4.78, 5) is 12.0. The Bertz CT molecular complexity index is 549.